The van der Waals surface area contributed by atoms with E-state index in [4.69, 9.17) is 0 Å². The fourth-order valence-electron chi connectivity index (χ4n) is 4.75. The summed E-state index contributed by atoms with van der Waals surface area (Å²) in [7, 11) is -3.52. The summed E-state index contributed by atoms with van der Waals surface area (Å²) in [6, 6.07) is 16.2. The first-order valence-electron chi connectivity index (χ1n) is 11.9. The second kappa shape index (κ2) is 9.68. The molecule has 3 heterocycles. The third kappa shape index (κ3) is 4.63. The third-order valence-corrected chi connectivity index (χ3v) is 8.64. The van der Waals surface area contributed by atoms with E-state index in [0.717, 1.165) is 48.7 Å². The van der Waals surface area contributed by atoms with E-state index >= 15 is 0 Å². The Balaban J connectivity index is 1.19. The highest BCUT2D eigenvalue weighted by Crippen LogP contribution is 2.27. The molecular formula is C25H29N5O3S. The van der Waals surface area contributed by atoms with Gasteiger partial charge in [-0.05, 0) is 62.1 Å². The summed E-state index contributed by atoms with van der Waals surface area (Å²) in [5, 5.41) is 11.8. The van der Waals surface area contributed by atoms with Crippen molar-refractivity contribution in [2.75, 3.05) is 18.4 Å². The third-order valence-electron chi connectivity index (χ3n) is 6.73. The molecule has 1 N–H and O–H groups in total. The van der Waals surface area contributed by atoms with E-state index in [9.17, 15) is 13.2 Å². The van der Waals surface area contributed by atoms with Gasteiger partial charge in [0.1, 0.15) is 5.82 Å². The highest BCUT2D eigenvalue weighted by Gasteiger charge is 2.32. The number of benzene rings is 2. The number of hydrogen-bond donors (Lipinski definition) is 1. The maximum absolute atomic E-state index is 12.8. The van der Waals surface area contributed by atoms with E-state index in [1.165, 1.54) is 10.7 Å². The molecule has 0 bridgehead atoms. The zero-order valence-electron chi connectivity index (χ0n) is 19.1. The number of amides is 1. The van der Waals surface area contributed by atoms with Crippen LogP contribution in [-0.4, -0.2) is 46.5 Å². The summed E-state index contributed by atoms with van der Waals surface area (Å²) in [5.41, 5.74) is 1.71. The lowest BCUT2D eigenvalue weighted by atomic mass is 9.97. The maximum atomic E-state index is 12.8. The lowest BCUT2D eigenvalue weighted by Gasteiger charge is -2.30. The molecule has 2 aliphatic rings. The highest BCUT2D eigenvalue weighted by molar-refractivity contribution is 7.89. The van der Waals surface area contributed by atoms with Crippen LogP contribution in [0.4, 0.5) is 5.69 Å². The van der Waals surface area contributed by atoms with E-state index in [1.807, 2.05) is 24.3 Å². The zero-order chi connectivity index (χ0) is 23.5. The molecule has 1 fully saturated rings. The minimum Gasteiger partial charge on any atom is -0.326 e. The number of aromatic nitrogens is 3. The van der Waals surface area contributed by atoms with Crippen molar-refractivity contribution < 1.29 is 13.2 Å². The maximum Gasteiger partial charge on any atom is 0.243 e. The minimum absolute atomic E-state index is 0.0687. The summed E-state index contributed by atoms with van der Waals surface area (Å²) in [6.07, 6.45) is 5.47. The molecule has 0 saturated carbocycles. The van der Waals surface area contributed by atoms with E-state index in [2.05, 4.69) is 20.1 Å². The van der Waals surface area contributed by atoms with Gasteiger partial charge in [0.05, 0.1) is 4.90 Å². The van der Waals surface area contributed by atoms with E-state index in [-0.39, 0.29) is 11.8 Å². The molecule has 1 aromatic heterocycles. The SMILES string of the molecule is O=C(Nc1ccc(-c2nnc3n2CCCCC3)cc1)C1CCN(S(=O)(=O)c2ccccc2)CC1. The molecule has 3 aromatic rings. The fraction of sp³-hybridized carbons (Fsp3) is 0.400. The normalized spacial score (nSPS) is 17.6. The number of sulfonamides is 1. The van der Waals surface area contributed by atoms with Gasteiger partial charge in [-0.2, -0.15) is 4.31 Å². The standard InChI is InChI=1S/C25H29N5O3S/c31-25(20-14-17-29(18-15-20)34(32,33)22-7-3-1-4-8-22)26-21-12-10-19(11-13-21)24-28-27-23-9-5-2-6-16-30(23)24/h1,3-4,7-8,10-13,20H,2,5-6,9,14-18H2,(H,26,31). The first kappa shape index (κ1) is 22.7. The number of piperidine rings is 1. The Kier molecular flexibility index (Phi) is 6.47. The molecule has 0 spiro atoms. The van der Waals surface area contributed by atoms with Crippen molar-refractivity contribution in [3.05, 3.63) is 60.4 Å². The summed E-state index contributed by atoms with van der Waals surface area (Å²) in [5.74, 6) is 1.64. The Morgan fingerprint density at radius 2 is 1.62 bits per heavy atom. The van der Waals surface area contributed by atoms with Crippen LogP contribution in [0.5, 0.6) is 0 Å². The number of carbonyl (C=O) groups excluding carboxylic acids is 1. The fourth-order valence-corrected chi connectivity index (χ4v) is 6.24. The van der Waals surface area contributed by atoms with E-state index in [0.29, 0.717) is 30.8 Å². The second-order valence-electron chi connectivity index (χ2n) is 8.96. The molecule has 2 aliphatic heterocycles. The molecule has 0 atom stereocenters. The van der Waals surface area contributed by atoms with Crippen LogP contribution >= 0.6 is 0 Å². The summed E-state index contributed by atoms with van der Waals surface area (Å²) < 4.78 is 29.3. The smallest absolute Gasteiger partial charge is 0.243 e. The molecule has 9 heteroatoms. The van der Waals surface area contributed by atoms with Gasteiger partial charge in [0, 0.05) is 43.2 Å². The number of nitrogens with zero attached hydrogens (tertiary/aromatic N) is 4. The number of carbonyl (C=O) groups is 1. The molecule has 2 aromatic carbocycles. The van der Waals surface area contributed by atoms with Crippen molar-refractivity contribution in [1.29, 1.82) is 0 Å². The Bertz CT molecular complexity index is 1250. The Morgan fingerprint density at radius 1 is 0.882 bits per heavy atom. The number of nitrogens with one attached hydrogen (secondary N) is 1. The van der Waals surface area contributed by atoms with Crippen LogP contribution in [0.25, 0.3) is 11.4 Å². The van der Waals surface area contributed by atoms with Crippen LogP contribution in [0.15, 0.2) is 59.5 Å². The van der Waals surface area contributed by atoms with Crippen LogP contribution in [0.1, 0.15) is 37.9 Å². The summed E-state index contributed by atoms with van der Waals surface area (Å²) >= 11 is 0. The average molecular weight is 480 g/mol. The van der Waals surface area contributed by atoms with Crippen molar-refractivity contribution >= 4 is 21.6 Å². The first-order chi connectivity index (χ1) is 16.5. The van der Waals surface area contributed by atoms with Gasteiger partial charge in [0.2, 0.25) is 15.9 Å². The number of rotatable bonds is 5. The minimum atomic E-state index is -3.52. The molecule has 0 unspecified atom stereocenters. The predicted octanol–water partition coefficient (Wildman–Crippen LogP) is 3.71. The zero-order valence-corrected chi connectivity index (χ0v) is 19.9. The van der Waals surface area contributed by atoms with Gasteiger partial charge in [0.15, 0.2) is 5.82 Å². The molecule has 8 nitrogen and oxygen atoms in total. The first-order valence-corrected chi connectivity index (χ1v) is 13.3. The van der Waals surface area contributed by atoms with Crippen LogP contribution in [0, 0.1) is 5.92 Å². The van der Waals surface area contributed by atoms with Crippen molar-refractivity contribution in [2.24, 2.45) is 5.92 Å². The van der Waals surface area contributed by atoms with Gasteiger partial charge in [-0.3, -0.25) is 4.79 Å². The van der Waals surface area contributed by atoms with Crippen LogP contribution in [-0.2, 0) is 27.8 Å². The largest absolute Gasteiger partial charge is 0.326 e. The molecule has 178 valence electrons. The predicted molar refractivity (Wildman–Crippen MR) is 130 cm³/mol. The van der Waals surface area contributed by atoms with Crippen LogP contribution < -0.4 is 5.32 Å². The van der Waals surface area contributed by atoms with Gasteiger partial charge in [0.25, 0.3) is 0 Å². The molecule has 1 saturated heterocycles. The monoisotopic (exact) mass is 479 g/mol. The lowest BCUT2D eigenvalue weighted by Crippen LogP contribution is -2.41. The Morgan fingerprint density at radius 3 is 2.35 bits per heavy atom. The van der Waals surface area contributed by atoms with Crippen molar-refractivity contribution in [3.8, 4) is 11.4 Å². The second-order valence-corrected chi connectivity index (χ2v) is 10.9. The van der Waals surface area contributed by atoms with Crippen LogP contribution in [0.3, 0.4) is 0 Å². The van der Waals surface area contributed by atoms with E-state index in [1.54, 1.807) is 30.3 Å². The quantitative estimate of drug-likeness (QED) is 0.602. The van der Waals surface area contributed by atoms with Crippen molar-refractivity contribution in [3.63, 3.8) is 0 Å². The molecule has 34 heavy (non-hydrogen) atoms. The topological polar surface area (TPSA) is 97.2 Å². The molecule has 1 amide bonds. The molecule has 5 rings (SSSR count). The van der Waals surface area contributed by atoms with Gasteiger partial charge in [-0.15, -0.1) is 10.2 Å². The average Bonchev–Trinajstić information content (AvgIpc) is 3.13. The number of hydrogen-bond acceptors (Lipinski definition) is 5. The number of fused-ring (bicyclic) bond motifs is 1. The molecule has 0 radical (unpaired) electrons. The Hall–Kier alpha value is -3.04. The molecule has 0 aliphatic carbocycles. The van der Waals surface area contributed by atoms with Gasteiger partial charge < -0.3 is 9.88 Å². The number of aryl methyl sites for hydroxylation is 1. The summed E-state index contributed by atoms with van der Waals surface area (Å²) in [6.45, 7) is 1.62. The van der Waals surface area contributed by atoms with Crippen LogP contribution in [0.2, 0.25) is 0 Å². The van der Waals surface area contributed by atoms with Crippen molar-refractivity contribution in [2.45, 2.75) is 50.0 Å². The lowest BCUT2D eigenvalue weighted by molar-refractivity contribution is -0.120. The van der Waals surface area contributed by atoms with Gasteiger partial charge in [-0.1, -0.05) is 24.6 Å². The Labute approximate surface area is 200 Å². The van der Waals surface area contributed by atoms with E-state index < -0.39 is 10.0 Å². The number of anilines is 1. The van der Waals surface area contributed by atoms with Gasteiger partial charge >= 0.3 is 0 Å². The van der Waals surface area contributed by atoms with Gasteiger partial charge in [-0.25, -0.2) is 8.42 Å². The van der Waals surface area contributed by atoms with Crippen molar-refractivity contribution in [1.82, 2.24) is 19.1 Å². The summed E-state index contributed by atoms with van der Waals surface area (Å²) in [4.78, 5) is 13.1. The highest BCUT2D eigenvalue weighted by atomic mass is 32.2. The molecular weight excluding hydrogens is 450 g/mol.